The molecule has 0 saturated heterocycles. The highest BCUT2D eigenvalue weighted by atomic mass is 16.1. The lowest BCUT2D eigenvalue weighted by Gasteiger charge is -2.08. The summed E-state index contributed by atoms with van der Waals surface area (Å²) in [6.07, 6.45) is 4.95. The Hall–Kier alpha value is -3.01. The molecule has 0 saturated carbocycles. The smallest absolute Gasteiger partial charge is 0.224 e. The summed E-state index contributed by atoms with van der Waals surface area (Å²) < 4.78 is 0. The average molecular weight is 357 g/mol. The molecule has 0 atom stereocenters. The number of carbonyl (C=O) groups excluding carboxylic acids is 1. The number of nitrogens with one attached hydrogen (secondary N) is 1. The van der Waals surface area contributed by atoms with Crippen molar-refractivity contribution >= 4 is 44.4 Å². The highest BCUT2D eigenvalue weighted by molar-refractivity contribution is 6.06. The minimum Gasteiger partial charge on any atom is -0.326 e. The van der Waals surface area contributed by atoms with Crippen molar-refractivity contribution in [2.45, 2.75) is 39.0 Å². The molecule has 1 aromatic heterocycles. The van der Waals surface area contributed by atoms with Crippen LogP contribution in [-0.4, -0.2) is 15.9 Å². The van der Waals surface area contributed by atoms with Gasteiger partial charge in [0.25, 0.3) is 0 Å². The van der Waals surface area contributed by atoms with Gasteiger partial charge in [-0.2, -0.15) is 0 Å². The predicted molar refractivity (Wildman–Crippen MR) is 112 cm³/mol. The van der Waals surface area contributed by atoms with E-state index in [1.807, 2.05) is 36.4 Å². The monoisotopic (exact) mass is 357 g/mol. The third kappa shape index (κ3) is 3.75. The number of unbranched alkanes of at least 4 members (excludes halogenated alkanes) is 3. The van der Waals surface area contributed by atoms with Gasteiger partial charge in [0, 0.05) is 17.5 Å². The number of benzene rings is 3. The molecular formula is C23H23N3O. The molecule has 0 aliphatic carbocycles. The summed E-state index contributed by atoms with van der Waals surface area (Å²) in [6.45, 7) is 2.17. The van der Waals surface area contributed by atoms with Crippen molar-refractivity contribution in [2.24, 2.45) is 0 Å². The lowest BCUT2D eigenvalue weighted by atomic mass is 10.1. The van der Waals surface area contributed by atoms with Gasteiger partial charge in [0.15, 0.2) is 0 Å². The number of aromatic nitrogens is 2. The van der Waals surface area contributed by atoms with E-state index in [1.54, 1.807) is 0 Å². The van der Waals surface area contributed by atoms with E-state index in [2.05, 4.69) is 30.4 Å². The number of nitrogens with zero attached hydrogens (tertiary/aromatic N) is 2. The van der Waals surface area contributed by atoms with Crippen molar-refractivity contribution < 1.29 is 4.79 Å². The molecule has 1 amide bonds. The summed E-state index contributed by atoms with van der Waals surface area (Å²) in [5.74, 6) is 0.0599. The Bertz CT molecular complexity index is 1120. The molecule has 1 N–H and O–H groups in total. The van der Waals surface area contributed by atoms with Gasteiger partial charge in [0.1, 0.15) is 0 Å². The standard InChI is InChI=1S/C23H23N3O/c1-2-3-4-5-10-22(27)24-17-12-14-19-21(15-17)26-23-18-9-7-6-8-16(18)11-13-20(23)25-19/h6-9,11-15H,2-5,10H2,1H3,(H,24,27). The Balaban J connectivity index is 1.64. The second-order valence-electron chi connectivity index (χ2n) is 6.94. The van der Waals surface area contributed by atoms with Gasteiger partial charge >= 0.3 is 0 Å². The normalized spacial score (nSPS) is 11.3. The molecule has 4 heteroatoms. The van der Waals surface area contributed by atoms with Gasteiger partial charge in [-0.25, -0.2) is 9.97 Å². The zero-order valence-corrected chi connectivity index (χ0v) is 15.5. The van der Waals surface area contributed by atoms with Crippen LogP contribution in [0.25, 0.3) is 32.8 Å². The molecule has 27 heavy (non-hydrogen) atoms. The van der Waals surface area contributed by atoms with Crippen LogP contribution in [0, 0.1) is 0 Å². The second kappa shape index (κ2) is 7.70. The van der Waals surface area contributed by atoms with E-state index in [9.17, 15) is 4.79 Å². The van der Waals surface area contributed by atoms with E-state index in [-0.39, 0.29) is 5.91 Å². The zero-order valence-electron chi connectivity index (χ0n) is 15.5. The van der Waals surface area contributed by atoms with Crippen LogP contribution in [0.1, 0.15) is 39.0 Å². The Morgan fingerprint density at radius 3 is 2.63 bits per heavy atom. The molecule has 4 nitrogen and oxygen atoms in total. The van der Waals surface area contributed by atoms with E-state index in [1.165, 1.54) is 12.8 Å². The molecule has 4 aromatic rings. The molecule has 0 aliphatic heterocycles. The topological polar surface area (TPSA) is 54.9 Å². The van der Waals surface area contributed by atoms with Gasteiger partial charge in [0.05, 0.1) is 22.1 Å². The molecule has 3 aromatic carbocycles. The lowest BCUT2D eigenvalue weighted by Crippen LogP contribution is -2.11. The third-order valence-electron chi connectivity index (χ3n) is 4.87. The van der Waals surface area contributed by atoms with Gasteiger partial charge < -0.3 is 5.32 Å². The van der Waals surface area contributed by atoms with Gasteiger partial charge in [0.2, 0.25) is 5.91 Å². The summed E-state index contributed by atoms with van der Waals surface area (Å²) >= 11 is 0. The number of amides is 1. The van der Waals surface area contributed by atoms with E-state index in [0.717, 1.165) is 51.4 Å². The fraction of sp³-hybridized carbons (Fsp3) is 0.261. The molecular weight excluding hydrogens is 334 g/mol. The van der Waals surface area contributed by atoms with Crippen LogP contribution in [0.15, 0.2) is 54.6 Å². The molecule has 0 unspecified atom stereocenters. The van der Waals surface area contributed by atoms with Crippen LogP contribution in [0.3, 0.4) is 0 Å². The highest BCUT2D eigenvalue weighted by Crippen LogP contribution is 2.26. The molecule has 0 fully saturated rings. The molecule has 136 valence electrons. The van der Waals surface area contributed by atoms with Crippen LogP contribution < -0.4 is 5.32 Å². The SMILES string of the molecule is CCCCCCC(=O)Nc1ccc2nc3ccc4ccccc4c3nc2c1. The Morgan fingerprint density at radius 2 is 1.74 bits per heavy atom. The Labute approximate surface area is 158 Å². The lowest BCUT2D eigenvalue weighted by molar-refractivity contribution is -0.116. The number of rotatable bonds is 6. The summed E-state index contributed by atoms with van der Waals surface area (Å²) in [4.78, 5) is 21.7. The molecule has 0 radical (unpaired) electrons. The van der Waals surface area contributed by atoms with Gasteiger partial charge in [-0.15, -0.1) is 0 Å². The van der Waals surface area contributed by atoms with Crippen molar-refractivity contribution in [1.29, 1.82) is 0 Å². The first-order valence-electron chi connectivity index (χ1n) is 9.64. The maximum Gasteiger partial charge on any atom is 0.224 e. The van der Waals surface area contributed by atoms with Crippen LogP contribution in [0.4, 0.5) is 5.69 Å². The van der Waals surface area contributed by atoms with E-state index in [4.69, 9.17) is 9.97 Å². The number of hydrogen-bond acceptors (Lipinski definition) is 3. The number of carbonyl (C=O) groups is 1. The molecule has 0 spiro atoms. The minimum absolute atomic E-state index is 0.0599. The van der Waals surface area contributed by atoms with Gasteiger partial charge in [-0.3, -0.25) is 4.79 Å². The third-order valence-corrected chi connectivity index (χ3v) is 4.87. The van der Waals surface area contributed by atoms with Crippen LogP contribution in [-0.2, 0) is 4.79 Å². The molecule has 1 heterocycles. The van der Waals surface area contributed by atoms with E-state index < -0.39 is 0 Å². The molecule has 0 aliphatic rings. The largest absolute Gasteiger partial charge is 0.326 e. The fourth-order valence-electron chi connectivity index (χ4n) is 3.42. The fourth-order valence-corrected chi connectivity index (χ4v) is 3.42. The summed E-state index contributed by atoms with van der Waals surface area (Å²) in [6, 6.07) is 18.0. The maximum atomic E-state index is 12.2. The number of anilines is 1. The van der Waals surface area contributed by atoms with Crippen molar-refractivity contribution in [3.8, 4) is 0 Å². The van der Waals surface area contributed by atoms with Crippen LogP contribution in [0.5, 0.6) is 0 Å². The Kier molecular flexibility index (Phi) is 4.97. The zero-order chi connectivity index (χ0) is 18.6. The van der Waals surface area contributed by atoms with Crippen molar-refractivity contribution in [3.05, 3.63) is 54.6 Å². The Morgan fingerprint density at radius 1 is 0.889 bits per heavy atom. The molecule has 4 rings (SSSR count). The van der Waals surface area contributed by atoms with Crippen molar-refractivity contribution in [1.82, 2.24) is 9.97 Å². The maximum absolute atomic E-state index is 12.2. The van der Waals surface area contributed by atoms with Crippen molar-refractivity contribution in [2.75, 3.05) is 5.32 Å². The summed E-state index contributed by atoms with van der Waals surface area (Å²) in [5.41, 5.74) is 4.18. The average Bonchev–Trinajstić information content (AvgIpc) is 2.70. The van der Waals surface area contributed by atoms with E-state index in [0.29, 0.717) is 6.42 Å². The number of fused-ring (bicyclic) bond motifs is 4. The first kappa shape index (κ1) is 17.4. The van der Waals surface area contributed by atoms with Crippen LogP contribution in [0.2, 0.25) is 0 Å². The number of hydrogen-bond donors (Lipinski definition) is 1. The predicted octanol–water partition coefficient (Wildman–Crippen LogP) is 5.85. The van der Waals surface area contributed by atoms with Crippen molar-refractivity contribution in [3.63, 3.8) is 0 Å². The second-order valence-corrected chi connectivity index (χ2v) is 6.94. The first-order valence-corrected chi connectivity index (χ1v) is 9.64. The summed E-state index contributed by atoms with van der Waals surface area (Å²) in [5, 5.41) is 5.23. The van der Waals surface area contributed by atoms with Gasteiger partial charge in [-0.05, 0) is 36.1 Å². The van der Waals surface area contributed by atoms with Gasteiger partial charge in [-0.1, -0.05) is 56.5 Å². The summed E-state index contributed by atoms with van der Waals surface area (Å²) in [7, 11) is 0. The highest BCUT2D eigenvalue weighted by Gasteiger charge is 2.08. The first-order chi connectivity index (χ1) is 13.2. The minimum atomic E-state index is 0.0599. The van der Waals surface area contributed by atoms with Crippen LogP contribution >= 0.6 is 0 Å². The quantitative estimate of drug-likeness (QED) is 0.268. The van der Waals surface area contributed by atoms with E-state index >= 15 is 0 Å². The molecule has 0 bridgehead atoms.